The molecular formula is C19H28FN3O2. The molecule has 5 nitrogen and oxygen atoms in total. The summed E-state index contributed by atoms with van der Waals surface area (Å²) in [5, 5.41) is 6.00. The summed E-state index contributed by atoms with van der Waals surface area (Å²) in [7, 11) is 0. The Labute approximate surface area is 149 Å². The summed E-state index contributed by atoms with van der Waals surface area (Å²) in [5.74, 6) is -0.0697. The van der Waals surface area contributed by atoms with Gasteiger partial charge in [0.05, 0.1) is 0 Å². The van der Waals surface area contributed by atoms with Gasteiger partial charge in [0.15, 0.2) is 0 Å². The Hall–Kier alpha value is -2.11. The van der Waals surface area contributed by atoms with Crippen molar-refractivity contribution in [1.29, 1.82) is 0 Å². The highest BCUT2D eigenvalue weighted by molar-refractivity contribution is 5.75. The third-order valence-electron chi connectivity index (χ3n) is 4.60. The molecule has 0 radical (unpaired) electrons. The second-order valence-electron chi connectivity index (χ2n) is 7.12. The lowest BCUT2D eigenvalue weighted by Gasteiger charge is -2.34. The number of carbonyl (C=O) groups excluding carboxylic acids is 2. The van der Waals surface area contributed by atoms with Gasteiger partial charge in [-0.15, -0.1) is 0 Å². The van der Waals surface area contributed by atoms with E-state index in [1.54, 1.807) is 17.0 Å². The van der Waals surface area contributed by atoms with Crippen molar-refractivity contribution >= 4 is 11.9 Å². The minimum absolute atomic E-state index is 0.0200. The number of amides is 3. The maximum Gasteiger partial charge on any atom is 0.317 e. The van der Waals surface area contributed by atoms with Crippen LogP contribution in [0.4, 0.5) is 9.18 Å². The van der Waals surface area contributed by atoms with Gasteiger partial charge >= 0.3 is 6.03 Å². The molecule has 3 amide bonds. The van der Waals surface area contributed by atoms with Crippen molar-refractivity contribution in [3.8, 4) is 0 Å². The molecule has 138 valence electrons. The van der Waals surface area contributed by atoms with Gasteiger partial charge in [0.25, 0.3) is 0 Å². The zero-order chi connectivity index (χ0) is 18.4. The van der Waals surface area contributed by atoms with Crippen LogP contribution in [0.25, 0.3) is 0 Å². The maximum absolute atomic E-state index is 13.1. The molecule has 0 aliphatic carbocycles. The molecule has 0 bridgehead atoms. The number of hydrogen-bond acceptors (Lipinski definition) is 2. The summed E-state index contributed by atoms with van der Waals surface area (Å²) >= 11 is 0. The lowest BCUT2D eigenvalue weighted by molar-refractivity contribution is -0.119. The van der Waals surface area contributed by atoms with Crippen LogP contribution >= 0.6 is 0 Å². The molecular weight excluding hydrogens is 321 g/mol. The Morgan fingerprint density at radius 2 is 1.96 bits per heavy atom. The summed E-state index contributed by atoms with van der Waals surface area (Å²) in [6.07, 6.45) is 2.43. The predicted octanol–water partition coefficient (Wildman–Crippen LogP) is 2.70. The Morgan fingerprint density at radius 1 is 1.28 bits per heavy atom. The van der Waals surface area contributed by atoms with Crippen LogP contribution < -0.4 is 10.6 Å². The Balaban J connectivity index is 1.95. The molecule has 0 unspecified atom stereocenters. The van der Waals surface area contributed by atoms with E-state index in [4.69, 9.17) is 0 Å². The number of urea groups is 1. The fourth-order valence-electron chi connectivity index (χ4n) is 3.14. The number of rotatable bonds is 5. The third kappa shape index (κ3) is 6.03. The van der Waals surface area contributed by atoms with Gasteiger partial charge in [-0.2, -0.15) is 0 Å². The monoisotopic (exact) mass is 349 g/mol. The molecule has 2 N–H and O–H groups in total. The van der Waals surface area contributed by atoms with Gasteiger partial charge in [0.2, 0.25) is 5.91 Å². The van der Waals surface area contributed by atoms with E-state index in [9.17, 15) is 14.0 Å². The molecule has 1 heterocycles. The molecule has 1 saturated heterocycles. The second kappa shape index (κ2) is 8.83. The van der Waals surface area contributed by atoms with Crippen LogP contribution in [0.5, 0.6) is 0 Å². The van der Waals surface area contributed by atoms with Crippen molar-refractivity contribution in [3.05, 3.63) is 35.6 Å². The molecule has 1 aliphatic rings. The molecule has 1 fully saturated rings. The van der Waals surface area contributed by atoms with E-state index in [1.807, 2.05) is 0 Å². The summed E-state index contributed by atoms with van der Waals surface area (Å²) in [6, 6.07) is 6.28. The average molecular weight is 349 g/mol. The molecule has 0 saturated carbocycles. The Morgan fingerprint density at radius 3 is 2.56 bits per heavy atom. The number of nitrogens with zero attached hydrogens (tertiary/aromatic N) is 1. The van der Waals surface area contributed by atoms with Gasteiger partial charge in [0, 0.05) is 32.1 Å². The number of likely N-dealkylation sites (tertiary alicyclic amines) is 1. The van der Waals surface area contributed by atoms with Crippen molar-refractivity contribution < 1.29 is 14.0 Å². The zero-order valence-electron chi connectivity index (χ0n) is 15.2. The summed E-state index contributed by atoms with van der Waals surface area (Å²) in [4.78, 5) is 25.6. The SMILES string of the molecule is CC(=O)N[C@@H]1CCCN(C(=O)N[C@@H](Cc2ccc(F)cc2)C(C)C)C1. The number of piperidine rings is 1. The molecule has 25 heavy (non-hydrogen) atoms. The lowest BCUT2D eigenvalue weighted by Crippen LogP contribution is -2.54. The quantitative estimate of drug-likeness (QED) is 0.859. The summed E-state index contributed by atoms with van der Waals surface area (Å²) < 4.78 is 13.1. The van der Waals surface area contributed by atoms with Crippen LogP contribution in [0, 0.1) is 11.7 Å². The number of halogens is 1. The average Bonchev–Trinajstić information content (AvgIpc) is 2.55. The molecule has 1 aromatic rings. The van der Waals surface area contributed by atoms with Crippen LogP contribution in [0.3, 0.4) is 0 Å². The zero-order valence-corrected chi connectivity index (χ0v) is 15.2. The number of hydrogen-bond donors (Lipinski definition) is 2. The third-order valence-corrected chi connectivity index (χ3v) is 4.60. The lowest BCUT2D eigenvalue weighted by atomic mass is 9.96. The first kappa shape index (κ1) is 19.2. The first-order valence-corrected chi connectivity index (χ1v) is 8.92. The van der Waals surface area contributed by atoms with Crippen molar-refractivity contribution in [2.45, 2.75) is 52.1 Å². The number of benzene rings is 1. The topological polar surface area (TPSA) is 61.4 Å². The standard InChI is InChI=1S/C19H28FN3O2/c1-13(2)18(11-15-6-8-16(20)9-7-15)22-19(25)23-10-4-5-17(12-23)21-14(3)24/h6-9,13,17-18H,4-5,10-12H2,1-3H3,(H,21,24)(H,22,25)/t17-,18+/m1/s1. The highest BCUT2D eigenvalue weighted by atomic mass is 19.1. The molecule has 2 rings (SSSR count). The molecule has 0 spiro atoms. The molecule has 2 atom stereocenters. The van der Waals surface area contributed by atoms with Gasteiger partial charge in [-0.25, -0.2) is 9.18 Å². The van der Waals surface area contributed by atoms with Crippen molar-refractivity contribution in [2.24, 2.45) is 5.92 Å². The molecule has 6 heteroatoms. The van der Waals surface area contributed by atoms with Gasteiger partial charge in [-0.3, -0.25) is 4.79 Å². The van der Waals surface area contributed by atoms with E-state index in [-0.39, 0.29) is 35.8 Å². The van der Waals surface area contributed by atoms with Gasteiger partial charge in [-0.1, -0.05) is 26.0 Å². The van der Waals surface area contributed by atoms with E-state index in [1.165, 1.54) is 19.1 Å². The fraction of sp³-hybridized carbons (Fsp3) is 0.579. The maximum atomic E-state index is 13.1. The molecule has 0 aromatic heterocycles. The highest BCUT2D eigenvalue weighted by Crippen LogP contribution is 2.14. The second-order valence-corrected chi connectivity index (χ2v) is 7.12. The van der Waals surface area contributed by atoms with Crippen LogP contribution in [0.15, 0.2) is 24.3 Å². The van der Waals surface area contributed by atoms with E-state index >= 15 is 0 Å². The van der Waals surface area contributed by atoms with E-state index in [0.29, 0.717) is 19.5 Å². The number of nitrogens with one attached hydrogen (secondary N) is 2. The highest BCUT2D eigenvalue weighted by Gasteiger charge is 2.26. The van der Waals surface area contributed by atoms with Crippen molar-refractivity contribution in [3.63, 3.8) is 0 Å². The molecule has 1 aromatic carbocycles. The smallest absolute Gasteiger partial charge is 0.317 e. The van der Waals surface area contributed by atoms with Crippen LogP contribution in [-0.4, -0.2) is 42.0 Å². The minimum Gasteiger partial charge on any atom is -0.352 e. The number of carbonyl (C=O) groups is 2. The van der Waals surface area contributed by atoms with Crippen LogP contribution in [0.2, 0.25) is 0 Å². The Bertz CT molecular complexity index is 589. The van der Waals surface area contributed by atoms with E-state index in [2.05, 4.69) is 24.5 Å². The van der Waals surface area contributed by atoms with E-state index < -0.39 is 0 Å². The normalized spacial score (nSPS) is 18.8. The molecule has 1 aliphatic heterocycles. The fourth-order valence-corrected chi connectivity index (χ4v) is 3.14. The Kier molecular flexibility index (Phi) is 6.79. The van der Waals surface area contributed by atoms with Gasteiger partial charge in [0.1, 0.15) is 5.82 Å². The largest absolute Gasteiger partial charge is 0.352 e. The van der Waals surface area contributed by atoms with Crippen LogP contribution in [0.1, 0.15) is 39.2 Å². The first-order valence-electron chi connectivity index (χ1n) is 8.92. The summed E-state index contributed by atoms with van der Waals surface area (Å²) in [6.45, 7) is 6.85. The predicted molar refractivity (Wildman–Crippen MR) is 95.7 cm³/mol. The van der Waals surface area contributed by atoms with Crippen molar-refractivity contribution in [1.82, 2.24) is 15.5 Å². The van der Waals surface area contributed by atoms with Gasteiger partial charge in [-0.05, 0) is 42.9 Å². The van der Waals surface area contributed by atoms with E-state index in [0.717, 1.165) is 18.4 Å². The van der Waals surface area contributed by atoms with Crippen molar-refractivity contribution in [2.75, 3.05) is 13.1 Å². The first-order chi connectivity index (χ1) is 11.8. The van der Waals surface area contributed by atoms with Crippen LogP contribution in [-0.2, 0) is 11.2 Å². The minimum atomic E-state index is -0.258. The van der Waals surface area contributed by atoms with Gasteiger partial charge < -0.3 is 15.5 Å². The summed E-state index contributed by atoms with van der Waals surface area (Å²) in [5.41, 5.74) is 0.996.